The van der Waals surface area contributed by atoms with Gasteiger partial charge in [-0.25, -0.2) is 4.98 Å². The molecule has 1 atom stereocenters. The van der Waals surface area contributed by atoms with Gasteiger partial charge in [-0.3, -0.25) is 14.9 Å². The molecular formula is C13H14N4O4. The van der Waals surface area contributed by atoms with Crippen LogP contribution in [0, 0.1) is 21.4 Å². The van der Waals surface area contributed by atoms with Gasteiger partial charge in [0, 0.05) is 18.8 Å². The highest BCUT2D eigenvalue weighted by molar-refractivity contribution is 5.70. The van der Waals surface area contributed by atoms with E-state index in [-0.39, 0.29) is 29.5 Å². The van der Waals surface area contributed by atoms with Crippen LogP contribution in [0.25, 0.3) is 0 Å². The van der Waals surface area contributed by atoms with Gasteiger partial charge in [0.15, 0.2) is 0 Å². The van der Waals surface area contributed by atoms with Gasteiger partial charge in [0.05, 0.1) is 11.3 Å². The van der Waals surface area contributed by atoms with E-state index in [1.807, 2.05) is 0 Å². The molecule has 0 bridgehead atoms. The maximum Gasteiger partial charge on any atom is 0.329 e. The van der Waals surface area contributed by atoms with Gasteiger partial charge < -0.3 is 10.0 Å². The molecule has 1 unspecified atom stereocenters. The lowest BCUT2D eigenvalue weighted by Gasteiger charge is -2.35. The molecule has 1 aliphatic heterocycles. The van der Waals surface area contributed by atoms with Crippen molar-refractivity contribution >= 4 is 17.5 Å². The van der Waals surface area contributed by atoms with E-state index in [0.29, 0.717) is 13.0 Å². The smallest absolute Gasteiger partial charge is 0.329 e. The summed E-state index contributed by atoms with van der Waals surface area (Å²) < 4.78 is 0. The summed E-state index contributed by atoms with van der Waals surface area (Å²) in [7, 11) is 0. The summed E-state index contributed by atoms with van der Waals surface area (Å²) in [6.45, 7) is 0.501. The molecule has 8 heteroatoms. The van der Waals surface area contributed by atoms with Gasteiger partial charge >= 0.3 is 11.7 Å². The predicted octanol–water partition coefficient (Wildman–Crippen LogP) is 1.70. The van der Waals surface area contributed by atoms with E-state index < -0.39 is 10.9 Å². The molecule has 0 aromatic carbocycles. The lowest BCUT2D eigenvalue weighted by atomic mass is 9.99. The summed E-state index contributed by atoms with van der Waals surface area (Å²) in [5.41, 5.74) is -0.415. The highest BCUT2D eigenvalue weighted by atomic mass is 16.6. The van der Waals surface area contributed by atoms with Crippen LogP contribution in [0.5, 0.6) is 0 Å². The second kappa shape index (κ2) is 6.17. The number of rotatable bonds is 4. The number of hydrogen-bond donors (Lipinski definition) is 1. The molecule has 2 rings (SSSR count). The van der Waals surface area contributed by atoms with Crippen LogP contribution in [0.4, 0.5) is 11.5 Å². The fraction of sp³-hybridized carbons (Fsp3) is 0.462. The molecule has 1 saturated heterocycles. The fourth-order valence-electron chi connectivity index (χ4n) is 2.62. The molecule has 1 N–H and O–H groups in total. The first-order chi connectivity index (χ1) is 10.0. The maximum atomic E-state index is 11.2. The highest BCUT2D eigenvalue weighted by Crippen LogP contribution is 2.34. The van der Waals surface area contributed by atoms with E-state index in [0.717, 1.165) is 12.8 Å². The quantitative estimate of drug-likeness (QED) is 0.661. The minimum absolute atomic E-state index is 0.0651. The van der Waals surface area contributed by atoms with Crippen molar-refractivity contribution in [2.24, 2.45) is 0 Å². The number of nitro groups is 1. The Balaban J connectivity index is 2.46. The number of pyridine rings is 1. The Hall–Kier alpha value is -2.69. The summed E-state index contributed by atoms with van der Waals surface area (Å²) in [5.74, 6) is -0.865. The minimum Gasteiger partial charge on any atom is -0.481 e. The molecule has 21 heavy (non-hydrogen) atoms. The Kier molecular flexibility index (Phi) is 4.33. The van der Waals surface area contributed by atoms with Crippen LogP contribution in [0.2, 0.25) is 0 Å². The second-order valence-electron chi connectivity index (χ2n) is 4.84. The van der Waals surface area contributed by atoms with Crippen molar-refractivity contribution in [1.29, 1.82) is 5.26 Å². The zero-order valence-corrected chi connectivity index (χ0v) is 11.2. The van der Waals surface area contributed by atoms with Crippen LogP contribution >= 0.6 is 0 Å². The van der Waals surface area contributed by atoms with Gasteiger partial charge in [-0.15, -0.1) is 0 Å². The average Bonchev–Trinajstić information content (AvgIpc) is 2.46. The number of hydrogen-bond acceptors (Lipinski definition) is 6. The number of anilines is 1. The molecule has 0 amide bonds. The Morgan fingerprint density at radius 3 is 3.00 bits per heavy atom. The van der Waals surface area contributed by atoms with E-state index in [9.17, 15) is 14.9 Å². The number of aromatic nitrogens is 1. The molecule has 1 aliphatic rings. The van der Waals surface area contributed by atoms with Crippen molar-refractivity contribution in [2.45, 2.75) is 31.7 Å². The third-order valence-corrected chi connectivity index (χ3v) is 3.52. The molecule has 2 heterocycles. The zero-order valence-electron chi connectivity index (χ0n) is 11.2. The number of nitrogens with zero attached hydrogens (tertiary/aromatic N) is 4. The van der Waals surface area contributed by atoms with E-state index >= 15 is 0 Å². The van der Waals surface area contributed by atoms with Crippen LogP contribution in [-0.4, -0.2) is 33.6 Å². The monoisotopic (exact) mass is 290 g/mol. The number of carboxylic acids is 1. The van der Waals surface area contributed by atoms with E-state index in [4.69, 9.17) is 10.4 Å². The van der Waals surface area contributed by atoms with Gasteiger partial charge in [-0.2, -0.15) is 5.26 Å². The van der Waals surface area contributed by atoms with Gasteiger partial charge in [-0.05, 0) is 25.3 Å². The molecule has 8 nitrogen and oxygen atoms in total. The normalized spacial score (nSPS) is 18.0. The topological polar surface area (TPSA) is 120 Å². The molecule has 110 valence electrons. The van der Waals surface area contributed by atoms with Crippen LogP contribution in [-0.2, 0) is 4.79 Å². The van der Waals surface area contributed by atoms with Crippen molar-refractivity contribution in [3.63, 3.8) is 0 Å². The SMILES string of the molecule is N#Cc1ccnc(N2CCCCC2CC(=O)O)c1[N+](=O)[O-]. The van der Waals surface area contributed by atoms with Crippen molar-refractivity contribution in [3.05, 3.63) is 27.9 Å². The average molecular weight is 290 g/mol. The fourth-order valence-corrected chi connectivity index (χ4v) is 2.62. The van der Waals surface area contributed by atoms with Crippen molar-refractivity contribution in [1.82, 2.24) is 4.98 Å². The first-order valence-corrected chi connectivity index (χ1v) is 6.56. The number of aliphatic carboxylic acids is 1. The summed E-state index contributed by atoms with van der Waals surface area (Å²) in [5, 5.41) is 29.2. The van der Waals surface area contributed by atoms with Gasteiger partial charge in [-0.1, -0.05) is 0 Å². The Bertz CT molecular complexity index is 611. The maximum absolute atomic E-state index is 11.2. The molecule has 1 fully saturated rings. The second-order valence-corrected chi connectivity index (χ2v) is 4.84. The molecule has 1 aromatic heterocycles. The van der Waals surface area contributed by atoms with Gasteiger partial charge in [0.25, 0.3) is 0 Å². The Labute approximate surface area is 120 Å². The van der Waals surface area contributed by atoms with Gasteiger partial charge in [0.2, 0.25) is 5.82 Å². The third kappa shape index (κ3) is 3.08. The lowest BCUT2D eigenvalue weighted by molar-refractivity contribution is -0.384. The van der Waals surface area contributed by atoms with Crippen molar-refractivity contribution < 1.29 is 14.8 Å². The zero-order chi connectivity index (χ0) is 15.4. The largest absolute Gasteiger partial charge is 0.481 e. The lowest BCUT2D eigenvalue weighted by Crippen LogP contribution is -2.41. The third-order valence-electron chi connectivity index (χ3n) is 3.52. The molecular weight excluding hydrogens is 276 g/mol. The standard InChI is InChI=1S/C13H14N4O4/c14-8-9-4-5-15-13(12(9)17(20)21)16-6-2-1-3-10(16)7-11(18)19/h4-5,10H,1-3,6-7H2,(H,18,19). The summed E-state index contributed by atoms with van der Waals surface area (Å²) in [6, 6.07) is 2.74. The van der Waals surface area contributed by atoms with Crippen LogP contribution in [0.15, 0.2) is 12.3 Å². The predicted molar refractivity (Wildman–Crippen MR) is 72.8 cm³/mol. The first kappa shape index (κ1) is 14.7. The Morgan fingerprint density at radius 1 is 1.62 bits per heavy atom. The number of nitriles is 1. The number of piperidine rings is 1. The molecule has 0 saturated carbocycles. The van der Waals surface area contributed by atoms with Crippen molar-refractivity contribution in [2.75, 3.05) is 11.4 Å². The van der Waals surface area contributed by atoms with Crippen LogP contribution in [0.3, 0.4) is 0 Å². The van der Waals surface area contributed by atoms with Gasteiger partial charge in [0.1, 0.15) is 11.6 Å². The minimum atomic E-state index is -0.953. The van der Waals surface area contributed by atoms with E-state index in [1.54, 1.807) is 11.0 Å². The number of carboxylic acid groups (broad SMARTS) is 1. The molecule has 0 radical (unpaired) electrons. The Morgan fingerprint density at radius 2 is 2.38 bits per heavy atom. The summed E-state index contributed by atoms with van der Waals surface area (Å²) >= 11 is 0. The van der Waals surface area contributed by atoms with Crippen LogP contribution in [0.1, 0.15) is 31.2 Å². The molecule has 0 spiro atoms. The molecule has 1 aromatic rings. The van der Waals surface area contributed by atoms with E-state index in [1.165, 1.54) is 12.3 Å². The highest BCUT2D eigenvalue weighted by Gasteiger charge is 2.32. The summed E-state index contributed by atoms with van der Waals surface area (Å²) in [6.07, 6.45) is 3.57. The number of carbonyl (C=O) groups is 1. The van der Waals surface area contributed by atoms with E-state index in [2.05, 4.69) is 4.98 Å². The molecule has 0 aliphatic carbocycles. The first-order valence-electron chi connectivity index (χ1n) is 6.56. The summed E-state index contributed by atoms with van der Waals surface area (Å²) in [4.78, 5) is 27.2. The van der Waals surface area contributed by atoms with Crippen molar-refractivity contribution in [3.8, 4) is 6.07 Å². The van der Waals surface area contributed by atoms with Crippen LogP contribution < -0.4 is 4.90 Å².